The van der Waals surface area contributed by atoms with Crippen molar-refractivity contribution >= 4 is 62.0 Å². The lowest BCUT2D eigenvalue weighted by Crippen LogP contribution is -2.32. The topological polar surface area (TPSA) is 125 Å². The van der Waals surface area contributed by atoms with Crippen LogP contribution in [0.5, 0.6) is 0 Å². The highest BCUT2D eigenvalue weighted by Gasteiger charge is 2.14. The van der Waals surface area contributed by atoms with Crippen molar-refractivity contribution in [1.29, 1.82) is 0 Å². The summed E-state index contributed by atoms with van der Waals surface area (Å²) >= 11 is 8.14. The molecule has 0 aliphatic carbocycles. The summed E-state index contributed by atoms with van der Waals surface area (Å²) in [6.07, 6.45) is -0.532. The van der Waals surface area contributed by atoms with Crippen LogP contribution in [0.15, 0.2) is 0 Å². The molecule has 0 saturated carbocycles. The molecule has 0 aromatic rings. The first-order chi connectivity index (χ1) is 8.95. The maximum absolute atomic E-state index is 9.85. The molecule has 6 N–H and O–H groups in total. The highest BCUT2D eigenvalue weighted by Crippen LogP contribution is 1.86. The minimum Gasteiger partial charge on any atom is -0.481 e. The third-order valence-electron chi connectivity index (χ3n) is 1.77. The Balaban J connectivity index is -0.000000126. The third kappa shape index (κ3) is 28.9. The van der Waals surface area contributed by atoms with Crippen LogP contribution in [0.2, 0.25) is 0 Å². The maximum Gasteiger partial charge on any atom is 0.321 e. The molecule has 7 nitrogen and oxygen atoms in total. The number of carboxylic acid groups (broad SMARTS) is 2. The van der Waals surface area contributed by atoms with Crippen molar-refractivity contribution in [3.8, 4) is 0 Å². The minimum absolute atomic E-state index is 0. The zero-order chi connectivity index (χ0) is 15.1. The summed E-state index contributed by atoms with van der Waals surface area (Å²) in [5.74, 6) is -0.679. The van der Waals surface area contributed by atoms with Crippen LogP contribution in [0.4, 0.5) is 0 Å². The first-order valence-corrected chi connectivity index (χ1v) is 7.05. The minimum atomic E-state index is -1.29. The van der Waals surface area contributed by atoms with Crippen molar-refractivity contribution in [2.24, 2.45) is 5.73 Å². The molecule has 0 bridgehead atoms. The number of hydrogen-bond donors (Lipinski definition) is 7. The Kier molecular flexibility index (Phi) is 31.1. The monoisotopic (exact) mass is 385 g/mol. The fraction of sp³-hybridized carbons (Fsp3) is 0.800. The normalized spacial score (nSPS) is 10.2. The van der Waals surface area contributed by atoms with Crippen LogP contribution in [-0.2, 0) is 9.59 Å². The van der Waals surface area contributed by atoms with Gasteiger partial charge in [0.05, 0.1) is 6.42 Å². The first kappa shape index (κ1) is 29.2. The van der Waals surface area contributed by atoms with E-state index in [1.165, 1.54) is 0 Å². The maximum atomic E-state index is 9.85. The van der Waals surface area contributed by atoms with Gasteiger partial charge in [-0.25, -0.2) is 0 Å². The molecule has 0 aliphatic rings. The van der Waals surface area contributed by atoms with E-state index < -0.39 is 24.4 Å². The van der Waals surface area contributed by atoms with Crippen molar-refractivity contribution < 1.29 is 19.8 Å². The zero-order valence-corrected chi connectivity index (χ0v) is 14.9. The summed E-state index contributed by atoms with van der Waals surface area (Å²) in [5, 5.41) is 22.5. The lowest BCUT2D eigenvalue weighted by atomic mass is 10.2. The molecule has 11 heteroatoms. The Bertz CT molecular complexity index is 246. The van der Waals surface area contributed by atoms with Gasteiger partial charge < -0.3 is 26.6 Å². The number of carbonyl (C=O) groups is 2. The number of thiol groups is 2. The average Bonchev–Trinajstić information content (AvgIpc) is 2.33. The molecule has 0 fully saturated rings. The van der Waals surface area contributed by atoms with Crippen LogP contribution in [0, 0.1) is 0 Å². The zero-order valence-electron chi connectivity index (χ0n) is 11.5. The fourth-order valence-electron chi connectivity index (χ4n) is 0.860. The predicted octanol–water partition coefficient (Wildman–Crippen LogP) is -0.258. The van der Waals surface area contributed by atoms with E-state index in [9.17, 15) is 9.59 Å². The van der Waals surface area contributed by atoms with Gasteiger partial charge in [0, 0.05) is 37.7 Å². The van der Waals surface area contributed by atoms with Crippen LogP contribution in [0.3, 0.4) is 0 Å². The molecule has 0 heterocycles. The Morgan fingerprint density at radius 3 is 1.52 bits per heavy atom. The van der Waals surface area contributed by atoms with Crippen LogP contribution < -0.4 is 16.4 Å². The van der Waals surface area contributed by atoms with E-state index in [4.69, 9.17) is 15.9 Å². The van der Waals surface area contributed by atoms with Gasteiger partial charge in [0.1, 0.15) is 6.04 Å². The van der Waals surface area contributed by atoms with Gasteiger partial charge >= 0.3 is 11.9 Å². The molecule has 130 valence electrons. The van der Waals surface area contributed by atoms with Gasteiger partial charge in [-0.2, -0.15) is 25.3 Å². The molecule has 0 radical (unpaired) electrons. The smallest absolute Gasteiger partial charge is 0.321 e. The molecule has 0 aromatic carbocycles. The number of nitrogens with one attached hydrogen (secondary N) is 2. The Morgan fingerprint density at radius 2 is 1.33 bits per heavy atom. The quantitative estimate of drug-likeness (QED) is 0.204. The number of aliphatic carboxylic acids is 2. The van der Waals surface area contributed by atoms with Gasteiger partial charge in [0.2, 0.25) is 0 Å². The lowest BCUT2D eigenvalue weighted by Gasteiger charge is -2.02. The summed E-state index contributed by atoms with van der Waals surface area (Å²) in [5.41, 5.74) is 4.84. The highest BCUT2D eigenvalue weighted by molar-refractivity contribution is 7.80. The number of carboxylic acids is 2. The SMILES string of the molecule is Cl.Cl.N[C@@H](CC(=O)O)C(=O)O.SCCNCCNCCS. The summed E-state index contributed by atoms with van der Waals surface area (Å²) < 4.78 is 0. The van der Waals surface area contributed by atoms with Gasteiger partial charge in [-0.15, -0.1) is 24.8 Å². The average molecular weight is 386 g/mol. The predicted molar refractivity (Wildman–Crippen MR) is 95.8 cm³/mol. The van der Waals surface area contributed by atoms with E-state index >= 15 is 0 Å². The summed E-state index contributed by atoms with van der Waals surface area (Å²) in [7, 11) is 0. The number of rotatable bonds is 10. The molecule has 0 saturated heterocycles. The van der Waals surface area contributed by atoms with E-state index in [2.05, 4.69) is 35.9 Å². The molecular weight excluding hydrogens is 361 g/mol. The second kappa shape index (κ2) is 22.4. The van der Waals surface area contributed by atoms with Crippen molar-refractivity contribution in [3.63, 3.8) is 0 Å². The van der Waals surface area contributed by atoms with Crippen LogP contribution in [-0.4, -0.2) is 65.9 Å². The van der Waals surface area contributed by atoms with Gasteiger partial charge in [-0.3, -0.25) is 9.59 Å². The number of halogens is 2. The van der Waals surface area contributed by atoms with Gasteiger partial charge in [-0.05, 0) is 0 Å². The van der Waals surface area contributed by atoms with Crippen LogP contribution in [0.1, 0.15) is 6.42 Å². The fourth-order valence-corrected chi connectivity index (χ4v) is 1.18. The van der Waals surface area contributed by atoms with E-state index in [1.54, 1.807) is 0 Å². The molecule has 0 unspecified atom stereocenters. The van der Waals surface area contributed by atoms with E-state index in [0.29, 0.717) is 0 Å². The van der Waals surface area contributed by atoms with Gasteiger partial charge in [-0.1, -0.05) is 0 Å². The summed E-state index contributed by atoms with van der Waals surface area (Å²) in [6.45, 7) is 4.03. The molecule has 21 heavy (non-hydrogen) atoms. The Labute approximate surface area is 148 Å². The van der Waals surface area contributed by atoms with Gasteiger partial charge in [0.15, 0.2) is 0 Å². The van der Waals surface area contributed by atoms with Crippen LogP contribution >= 0.6 is 50.1 Å². The molecule has 0 amide bonds. The summed E-state index contributed by atoms with van der Waals surface area (Å²) in [6, 6.07) is -1.29. The van der Waals surface area contributed by atoms with Crippen molar-refractivity contribution in [2.75, 3.05) is 37.7 Å². The van der Waals surface area contributed by atoms with Crippen molar-refractivity contribution in [3.05, 3.63) is 0 Å². The third-order valence-corrected chi connectivity index (χ3v) is 2.21. The number of hydrogen-bond acceptors (Lipinski definition) is 7. The number of nitrogens with two attached hydrogens (primary N) is 1. The molecule has 0 rings (SSSR count). The van der Waals surface area contributed by atoms with Crippen molar-refractivity contribution in [1.82, 2.24) is 10.6 Å². The first-order valence-electron chi connectivity index (χ1n) is 5.79. The summed E-state index contributed by atoms with van der Waals surface area (Å²) in [4.78, 5) is 19.6. The van der Waals surface area contributed by atoms with E-state index in [1.807, 2.05) is 0 Å². The Hall–Kier alpha value is 0.1000. The molecule has 1 atom stereocenters. The van der Waals surface area contributed by atoms with E-state index in [-0.39, 0.29) is 24.8 Å². The van der Waals surface area contributed by atoms with Crippen molar-refractivity contribution in [2.45, 2.75) is 12.5 Å². The Morgan fingerprint density at radius 1 is 0.952 bits per heavy atom. The van der Waals surface area contributed by atoms with Crippen LogP contribution in [0.25, 0.3) is 0 Å². The molecule has 0 aliphatic heterocycles. The lowest BCUT2D eigenvalue weighted by molar-refractivity contribution is -0.144. The van der Waals surface area contributed by atoms with Gasteiger partial charge in [0.25, 0.3) is 0 Å². The standard InChI is InChI=1S/C6H16N2S2.C4H7NO4.2ClH/c9-5-3-7-1-2-8-4-6-10;5-2(4(8)9)1-3(6)7;;/h7-10H,1-6H2;2H,1,5H2,(H,6,7)(H,8,9);2*1H/t;2-;;/m.0../s1. The molecule has 0 spiro atoms. The largest absolute Gasteiger partial charge is 0.481 e. The second-order valence-corrected chi connectivity index (χ2v) is 4.38. The van der Waals surface area contributed by atoms with E-state index in [0.717, 1.165) is 37.7 Å². The highest BCUT2D eigenvalue weighted by atomic mass is 35.5. The second-order valence-electron chi connectivity index (χ2n) is 3.49. The molecule has 0 aromatic heterocycles. The molecular formula is C10H25Cl2N3O4S2.